The third-order valence-corrected chi connectivity index (χ3v) is 0.880. The van der Waals surface area contributed by atoms with Gasteiger partial charge in [-0.1, -0.05) is 28.4 Å². The molecule has 0 spiro atoms. The lowest BCUT2D eigenvalue weighted by Gasteiger charge is -1.78. The van der Waals surface area contributed by atoms with E-state index in [2.05, 4.69) is 15.9 Å². The first kappa shape index (κ1) is 6.65. The number of rotatable bonds is 1. The highest BCUT2D eigenvalue weighted by Gasteiger charge is 1.91. The SMILES string of the molecule is ClC(Cl)=Cc1c[c]no1. The zero-order valence-electron chi connectivity index (χ0n) is 4.27. The van der Waals surface area contributed by atoms with Crippen LogP contribution in [0.5, 0.6) is 0 Å². The summed E-state index contributed by atoms with van der Waals surface area (Å²) < 4.78 is 4.73. The summed E-state index contributed by atoms with van der Waals surface area (Å²) in [6, 6.07) is 1.53. The normalized spacial score (nSPS) is 9.11. The number of halogens is 2. The Balaban J connectivity index is 2.80. The molecular weight excluding hydrogens is 161 g/mol. The maximum atomic E-state index is 5.29. The Hall–Kier alpha value is -0.470. The third kappa shape index (κ3) is 2.08. The molecule has 0 bridgehead atoms. The van der Waals surface area contributed by atoms with Gasteiger partial charge in [-0.3, -0.25) is 0 Å². The molecule has 1 aromatic rings. The minimum Gasteiger partial charge on any atom is -0.356 e. The highest BCUT2D eigenvalue weighted by Crippen LogP contribution is 2.11. The lowest BCUT2D eigenvalue weighted by atomic mass is 10.5. The molecule has 0 aliphatic carbocycles. The van der Waals surface area contributed by atoms with Crippen LogP contribution in [-0.2, 0) is 0 Å². The van der Waals surface area contributed by atoms with Crippen molar-refractivity contribution < 1.29 is 4.52 Å². The smallest absolute Gasteiger partial charge is 0.162 e. The van der Waals surface area contributed by atoms with Crippen LogP contribution in [0.4, 0.5) is 0 Å². The van der Waals surface area contributed by atoms with Gasteiger partial charge in [-0.15, -0.1) is 0 Å². The Kier molecular flexibility index (Phi) is 2.14. The van der Waals surface area contributed by atoms with E-state index in [0.29, 0.717) is 5.76 Å². The number of hydrogen-bond acceptors (Lipinski definition) is 2. The van der Waals surface area contributed by atoms with E-state index in [1.165, 1.54) is 12.1 Å². The van der Waals surface area contributed by atoms with Crippen molar-refractivity contribution in [3.63, 3.8) is 0 Å². The molecule has 0 atom stereocenters. The van der Waals surface area contributed by atoms with E-state index in [1.807, 2.05) is 0 Å². The highest BCUT2D eigenvalue weighted by atomic mass is 35.5. The first-order chi connectivity index (χ1) is 4.29. The first-order valence-corrected chi connectivity index (χ1v) is 2.90. The molecule has 0 saturated heterocycles. The second kappa shape index (κ2) is 2.90. The molecule has 0 fully saturated rings. The van der Waals surface area contributed by atoms with Crippen LogP contribution in [0.2, 0.25) is 0 Å². The molecule has 1 heterocycles. The Bertz CT molecular complexity index is 201. The monoisotopic (exact) mass is 162 g/mol. The molecule has 1 aromatic heterocycles. The fraction of sp³-hybridized carbons (Fsp3) is 0. The van der Waals surface area contributed by atoms with E-state index in [9.17, 15) is 0 Å². The van der Waals surface area contributed by atoms with Crippen molar-refractivity contribution in [2.24, 2.45) is 0 Å². The number of nitrogens with zero attached hydrogens (tertiary/aromatic N) is 1. The third-order valence-electron chi connectivity index (χ3n) is 0.662. The molecule has 47 valence electrons. The zero-order chi connectivity index (χ0) is 6.69. The summed E-state index contributed by atoms with van der Waals surface area (Å²) in [6.45, 7) is 0. The summed E-state index contributed by atoms with van der Waals surface area (Å²) in [5.74, 6) is 0.495. The first-order valence-electron chi connectivity index (χ1n) is 2.14. The minimum absolute atomic E-state index is 0.139. The van der Waals surface area contributed by atoms with E-state index in [-0.39, 0.29) is 4.49 Å². The average molecular weight is 163 g/mol. The van der Waals surface area contributed by atoms with E-state index in [0.717, 1.165) is 0 Å². The van der Waals surface area contributed by atoms with Crippen molar-refractivity contribution in [2.75, 3.05) is 0 Å². The van der Waals surface area contributed by atoms with Crippen LogP contribution < -0.4 is 0 Å². The van der Waals surface area contributed by atoms with Gasteiger partial charge in [-0.25, -0.2) is 0 Å². The van der Waals surface area contributed by atoms with Crippen molar-refractivity contribution in [1.29, 1.82) is 0 Å². The quantitative estimate of drug-likeness (QED) is 0.634. The van der Waals surface area contributed by atoms with Crippen LogP contribution in [0.1, 0.15) is 5.76 Å². The molecule has 4 heteroatoms. The molecule has 0 unspecified atom stereocenters. The van der Waals surface area contributed by atoms with Gasteiger partial charge in [0.05, 0.1) is 0 Å². The van der Waals surface area contributed by atoms with Crippen LogP contribution in [-0.4, -0.2) is 5.16 Å². The van der Waals surface area contributed by atoms with Crippen LogP contribution in [0.25, 0.3) is 6.08 Å². The molecule has 1 radical (unpaired) electrons. The van der Waals surface area contributed by atoms with Gasteiger partial charge in [0, 0.05) is 12.1 Å². The van der Waals surface area contributed by atoms with Crippen molar-refractivity contribution in [3.05, 3.63) is 22.5 Å². The largest absolute Gasteiger partial charge is 0.356 e. The van der Waals surface area contributed by atoms with Crippen LogP contribution in [0, 0.1) is 6.20 Å². The van der Waals surface area contributed by atoms with E-state index in [1.54, 1.807) is 0 Å². The zero-order valence-corrected chi connectivity index (χ0v) is 5.78. The Morgan fingerprint density at radius 3 is 3.00 bits per heavy atom. The predicted molar refractivity (Wildman–Crippen MR) is 35.0 cm³/mol. The summed E-state index contributed by atoms with van der Waals surface area (Å²) >= 11 is 10.6. The van der Waals surface area contributed by atoms with Crippen molar-refractivity contribution in [3.8, 4) is 0 Å². The molecule has 0 saturated carbocycles. The van der Waals surface area contributed by atoms with E-state index >= 15 is 0 Å². The molecule has 1 rings (SSSR count). The van der Waals surface area contributed by atoms with Gasteiger partial charge in [0.1, 0.15) is 10.7 Å². The van der Waals surface area contributed by atoms with Crippen molar-refractivity contribution in [1.82, 2.24) is 5.16 Å². The van der Waals surface area contributed by atoms with Gasteiger partial charge in [-0.05, 0) is 0 Å². The van der Waals surface area contributed by atoms with E-state index < -0.39 is 0 Å². The standard InChI is InChI=1S/C5H2Cl2NO/c6-5(7)3-4-1-2-8-9-4/h1,3H. The fourth-order valence-corrected chi connectivity index (χ4v) is 0.586. The molecule has 9 heavy (non-hydrogen) atoms. The van der Waals surface area contributed by atoms with Gasteiger partial charge in [0.2, 0.25) is 0 Å². The molecule has 0 amide bonds. The molecule has 2 nitrogen and oxygen atoms in total. The summed E-state index contributed by atoms with van der Waals surface area (Å²) in [4.78, 5) is 0. The molecule has 0 aliphatic heterocycles. The van der Waals surface area contributed by atoms with Gasteiger partial charge >= 0.3 is 0 Å². The van der Waals surface area contributed by atoms with Gasteiger partial charge in [-0.2, -0.15) is 0 Å². The van der Waals surface area contributed by atoms with Gasteiger partial charge in [0.15, 0.2) is 5.76 Å². The Labute approximate surface area is 62.0 Å². The second-order valence-corrected chi connectivity index (χ2v) is 2.30. The number of hydrogen-bond donors (Lipinski definition) is 0. The average Bonchev–Trinajstić information content (AvgIpc) is 2.15. The summed E-state index contributed by atoms with van der Waals surface area (Å²) in [6.07, 6.45) is 3.89. The van der Waals surface area contributed by atoms with Crippen LogP contribution in [0.3, 0.4) is 0 Å². The minimum atomic E-state index is 0.139. The molecular formula is C5H2Cl2NO. The van der Waals surface area contributed by atoms with Crippen LogP contribution >= 0.6 is 23.2 Å². The summed E-state index contributed by atoms with van der Waals surface area (Å²) in [5, 5.41) is 3.31. The van der Waals surface area contributed by atoms with Crippen molar-refractivity contribution >= 4 is 29.3 Å². The Morgan fingerprint density at radius 2 is 2.56 bits per heavy atom. The second-order valence-electron chi connectivity index (χ2n) is 1.29. The maximum Gasteiger partial charge on any atom is 0.162 e. The maximum absolute atomic E-state index is 5.29. The topological polar surface area (TPSA) is 26.0 Å². The van der Waals surface area contributed by atoms with E-state index in [4.69, 9.17) is 23.2 Å². The summed E-state index contributed by atoms with van der Waals surface area (Å²) in [5.41, 5.74) is 0. The fourth-order valence-electron chi connectivity index (χ4n) is 0.371. The van der Waals surface area contributed by atoms with Crippen LogP contribution in [0.15, 0.2) is 15.1 Å². The van der Waals surface area contributed by atoms with Crippen molar-refractivity contribution in [2.45, 2.75) is 0 Å². The number of aromatic nitrogens is 1. The lowest BCUT2D eigenvalue weighted by Crippen LogP contribution is -1.58. The summed E-state index contributed by atoms with van der Waals surface area (Å²) in [7, 11) is 0. The van der Waals surface area contributed by atoms with Gasteiger partial charge < -0.3 is 4.52 Å². The predicted octanol–water partition coefficient (Wildman–Crippen LogP) is 2.25. The molecule has 0 aliphatic rings. The Morgan fingerprint density at radius 1 is 1.78 bits per heavy atom. The lowest BCUT2D eigenvalue weighted by molar-refractivity contribution is 0.411. The van der Waals surface area contributed by atoms with Gasteiger partial charge in [0.25, 0.3) is 0 Å². The molecule has 0 aromatic carbocycles. The highest BCUT2D eigenvalue weighted by molar-refractivity contribution is 6.57. The molecule has 0 N–H and O–H groups in total.